The molecule has 0 aromatic heterocycles. The van der Waals surface area contributed by atoms with Crippen molar-refractivity contribution >= 4 is 11.8 Å². The van der Waals surface area contributed by atoms with Crippen molar-refractivity contribution < 1.29 is 33.3 Å². The van der Waals surface area contributed by atoms with Crippen LogP contribution in [0.4, 0.5) is 0 Å². The lowest BCUT2D eigenvalue weighted by Gasteiger charge is -2.36. The molecular formula is C25H27NO7. The van der Waals surface area contributed by atoms with Crippen molar-refractivity contribution in [2.24, 2.45) is 5.92 Å². The van der Waals surface area contributed by atoms with Crippen LogP contribution in [0.15, 0.2) is 30.3 Å². The lowest BCUT2D eigenvalue weighted by molar-refractivity contribution is -0.147. The first kappa shape index (κ1) is 21.6. The van der Waals surface area contributed by atoms with Gasteiger partial charge >= 0.3 is 5.97 Å². The summed E-state index contributed by atoms with van der Waals surface area (Å²) in [6, 6.07) is 8.66. The number of methoxy groups -OCH3 is 3. The summed E-state index contributed by atoms with van der Waals surface area (Å²) in [7, 11) is 4.59. The molecule has 0 spiro atoms. The minimum Gasteiger partial charge on any atom is -0.493 e. The first-order chi connectivity index (χ1) is 16.0. The summed E-state index contributed by atoms with van der Waals surface area (Å²) in [5.74, 6) is 1.35. The second kappa shape index (κ2) is 8.26. The average molecular weight is 453 g/mol. The molecule has 1 fully saturated rings. The number of benzene rings is 2. The molecule has 0 bridgehead atoms. The van der Waals surface area contributed by atoms with E-state index in [4.69, 9.17) is 23.7 Å². The van der Waals surface area contributed by atoms with Gasteiger partial charge in [0.2, 0.25) is 6.79 Å². The standard InChI is InChI=1S/C25H27NO7/c1-13(27)21-22(15-5-6-17-20(10-15)33-12-32-17)24(25(28)31-4)26-8-7-14-9-18(29-2)19(30-3)11-16(14)23(21)26/h5-6,9-11,21-24H,7-8,12H2,1-4H3/t21-,22-,23-,24+/m1/s1. The van der Waals surface area contributed by atoms with Crippen LogP contribution in [-0.2, 0) is 20.7 Å². The Kier molecular flexibility index (Phi) is 5.40. The van der Waals surface area contributed by atoms with Crippen LogP contribution in [0, 0.1) is 5.92 Å². The number of Topliss-reactive ketones (excluding diaryl/α,β-unsaturated/α-hetero) is 1. The molecule has 4 atom stereocenters. The Morgan fingerprint density at radius 1 is 1.00 bits per heavy atom. The van der Waals surface area contributed by atoms with Crippen LogP contribution in [0.25, 0.3) is 0 Å². The Morgan fingerprint density at radius 2 is 1.73 bits per heavy atom. The molecule has 2 aromatic rings. The predicted octanol–water partition coefficient (Wildman–Crippen LogP) is 2.88. The van der Waals surface area contributed by atoms with E-state index in [1.54, 1.807) is 21.1 Å². The van der Waals surface area contributed by atoms with Crippen molar-refractivity contribution in [1.82, 2.24) is 4.90 Å². The van der Waals surface area contributed by atoms with Crippen LogP contribution in [0.5, 0.6) is 23.0 Å². The van der Waals surface area contributed by atoms with Gasteiger partial charge in [-0.25, -0.2) is 0 Å². The van der Waals surface area contributed by atoms with Gasteiger partial charge < -0.3 is 23.7 Å². The number of nitrogens with zero attached hydrogens (tertiary/aromatic N) is 1. The third-order valence-corrected chi connectivity index (χ3v) is 7.08. The van der Waals surface area contributed by atoms with E-state index in [2.05, 4.69) is 4.90 Å². The first-order valence-corrected chi connectivity index (χ1v) is 11.0. The zero-order valence-corrected chi connectivity index (χ0v) is 19.1. The number of ether oxygens (including phenoxy) is 5. The molecule has 8 nitrogen and oxygen atoms in total. The van der Waals surface area contributed by atoms with Crippen LogP contribution < -0.4 is 18.9 Å². The van der Waals surface area contributed by atoms with Crippen LogP contribution >= 0.6 is 0 Å². The van der Waals surface area contributed by atoms with Gasteiger partial charge in [-0.2, -0.15) is 0 Å². The van der Waals surface area contributed by atoms with E-state index in [-0.39, 0.29) is 24.6 Å². The molecule has 2 aromatic carbocycles. The number of rotatable bonds is 5. The number of esters is 1. The highest BCUT2D eigenvalue weighted by molar-refractivity contribution is 5.86. The second-order valence-corrected chi connectivity index (χ2v) is 8.58. The Hall–Kier alpha value is -3.26. The summed E-state index contributed by atoms with van der Waals surface area (Å²) < 4.78 is 27.3. The molecule has 5 rings (SSSR count). The summed E-state index contributed by atoms with van der Waals surface area (Å²) in [4.78, 5) is 28.4. The molecule has 3 aliphatic heterocycles. The highest BCUT2D eigenvalue weighted by Gasteiger charge is 2.56. The van der Waals surface area contributed by atoms with E-state index in [9.17, 15) is 9.59 Å². The SMILES string of the molecule is COC(=O)[C@@H]1[C@H](c2ccc3c(c2)OCO3)[C@@H](C(C)=O)[C@H]2c3cc(OC)c(OC)cc3CCN12. The van der Waals surface area contributed by atoms with Gasteiger partial charge in [0.05, 0.1) is 21.3 Å². The number of carbonyl (C=O) groups excluding carboxylic acids is 2. The van der Waals surface area contributed by atoms with Gasteiger partial charge in [0.1, 0.15) is 11.8 Å². The van der Waals surface area contributed by atoms with E-state index in [1.165, 1.54) is 7.11 Å². The van der Waals surface area contributed by atoms with Gasteiger partial charge in [0.15, 0.2) is 23.0 Å². The van der Waals surface area contributed by atoms with Gasteiger partial charge in [0, 0.05) is 24.4 Å². The fraction of sp³-hybridized carbons (Fsp3) is 0.440. The maximum atomic E-state index is 13.2. The third-order valence-electron chi connectivity index (χ3n) is 7.08. The van der Waals surface area contributed by atoms with Gasteiger partial charge in [-0.3, -0.25) is 14.5 Å². The summed E-state index contributed by atoms with van der Waals surface area (Å²) in [6.07, 6.45) is 0.720. The number of fused-ring (bicyclic) bond motifs is 4. The molecule has 0 radical (unpaired) electrons. The third kappa shape index (κ3) is 3.31. The van der Waals surface area contributed by atoms with Gasteiger partial charge in [0.25, 0.3) is 0 Å². The Bertz CT molecular complexity index is 1110. The van der Waals surface area contributed by atoms with E-state index in [0.717, 1.165) is 23.1 Å². The number of hydrogen-bond donors (Lipinski definition) is 0. The lowest BCUT2D eigenvalue weighted by Crippen LogP contribution is -2.43. The molecule has 174 valence electrons. The summed E-state index contributed by atoms with van der Waals surface area (Å²) >= 11 is 0. The summed E-state index contributed by atoms with van der Waals surface area (Å²) in [6.45, 7) is 2.37. The quantitative estimate of drug-likeness (QED) is 0.639. The van der Waals surface area contributed by atoms with Crippen molar-refractivity contribution in [3.05, 3.63) is 47.0 Å². The van der Waals surface area contributed by atoms with E-state index in [0.29, 0.717) is 29.5 Å². The first-order valence-electron chi connectivity index (χ1n) is 11.0. The van der Waals surface area contributed by atoms with Crippen molar-refractivity contribution in [1.29, 1.82) is 0 Å². The smallest absolute Gasteiger partial charge is 0.323 e. The fourth-order valence-corrected chi connectivity index (χ4v) is 5.69. The monoisotopic (exact) mass is 453 g/mol. The van der Waals surface area contributed by atoms with Crippen LogP contribution in [0.2, 0.25) is 0 Å². The largest absolute Gasteiger partial charge is 0.493 e. The Labute approximate surface area is 192 Å². The Morgan fingerprint density at radius 3 is 2.42 bits per heavy atom. The Balaban J connectivity index is 1.67. The summed E-state index contributed by atoms with van der Waals surface area (Å²) in [5, 5.41) is 0. The molecular weight excluding hydrogens is 426 g/mol. The zero-order valence-electron chi connectivity index (χ0n) is 19.1. The zero-order chi connectivity index (χ0) is 23.3. The van der Waals surface area contributed by atoms with Crippen molar-refractivity contribution in [2.45, 2.75) is 31.3 Å². The molecule has 0 unspecified atom stereocenters. The van der Waals surface area contributed by atoms with Crippen molar-refractivity contribution in [3.63, 3.8) is 0 Å². The number of ketones is 1. The molecule has 3 aliphatic rings. The predicted molar refractivity (Wildman–Crippen MR) is 118 cm³/mol. The molecule has 0 amide bonds. The van der Waals surface area contributed by atoms with Crippen molar-refractivity contribution in [3.8, 4) is 23.0 Å². The molecule has 0 aliphatic carbocycles. The number of carbonyl (C=O) groups is 2. The van der Waals surface area contributed by atoms with Gasteiger partial charge in [-0.1, -0.05) is 6.07 Å². The van der Waals surface area contributed by atoms with E-state index in [1.807, 2.05) is 30.3 Å². The summed E-state index contributed by atoms with van der Waals surface area (Å²) in [5.41, 5.74) is 2.93. The molecule has 8 heteroatoms. The van der Waals surface area contributed by atoms with Crippen LogP contribution in [0.1, 0.15) is 35.6 Å². The number of hydrogen-bond acceptors (Lipinski definition) is 8. The van der Waals surface area contributed by atoms with Crippen LogP contribution in [0.3, 0.4) is 0 Å². The molecule has 0 N–H and O–H groups in total. The average Bonchev–Trinajstić information content (AvgIpc) is 3.44. The maximum Gasteiger partial charge on any atom is 0.323 e. The van der Waals surface area contributed by atoms with Crippen molar-refractivity contribution in [2.75, 3.05) is 34.7 Å². The molecule has 1 saturated heterocycles. The molecule has 0 saturated carbocycles. The minimum absolute atomic E-state index is 0.0155. The molecule has 33 heavy (non-hydrogen) atoms. The van der Waals surface area contributed by atoms with Crippen LogP contribution in [-0.4, -0.2) is 57.4 Å². The normalized spacial score (nSPS) is 25.2. The van der Waals surface area contributed by atoms with E-state index >= 15 is 0 Å². The topological polar surface area (TPSA) is 83.5 Å². The minimum atomic E-state index is -0.601. The lowest BCUT2D eigenvalue weighted by atomic mass is 9.76. The highest BCUT2D eigenvalue weighted by atomic mass is 16.7. The van der Waals surface area contributed by atoms with Gasteiger partial charge in [-0.15, -0.1) is 0 Å². The fourth-order valence-electron chi connectivity index (χ4n) is 5.69. The second-order valence-electron chi connectivity index (χ2n) is 8.58. The van der Waals surface area contributed by atoms with Gasteiger partial charge in [-0.05, 0) is 54.3 Å². The molecule has 3 heterocycles. The maximum absolute atomic E-state index is 13.2. The van der Waals surface area contributed by atoms with E-state index < -0.39 is 17.9 Å². The highest BCUT2D eigenvalue weighted by Crippen LogP contribution is 2.54.